The van der Waals surface area contributed by atoms with Crippen LogP contribution in [0.3, 0.4) is 0 Å². The van der Waals surface area contributed by atoms with Crippen LogP contribution in [-0.2, 0) is 0 Å². The Labute approximate surface area is 111 Å². The lowest BCUT2D eigenvalue weighted by atomic mass is 9.79. The van der Waals surface area contributed by atoms with Crippen LogP contribution in [0.5, 0.6) is 0 Å². The van der Waals surface area contributed by atoms with E-state index in [9.17, 15) is 0 Å². The lowest BCUT2D eigenvalue weighted by Crippen LogP contribution is -2.45. The average molecular weight is 258 g/mol. The number of amidine groups is 1. The van der Waals surface area contributed by atoms with Gasteiger partial charge in [0.15, 0.2) is 5.58 Å². The number of benzene rings is 1. The fraction of sp³-hybridized carbons (Fsp3) is 0.429. The zero-order valence-corrected chi connectivity index (χ0v) is 11.0. The van der Waals surface area contributed by atoms with Gasteiger partial charge in [-0.15, -0.1) is 0 Å². The van der Waals surface area contributed by atoms with E-state index in [1.54, 1.807) is 0 Å². The number of aromatic nitrogens is 1. The molecule has 100 valence electrons. The Hall–Kier alpha value is -2.04. The van der Waals surface area contributed by atoms with Crippen LogP contribution in [0.25, 0.3) is 11.1 Å². The van der Waals surface area contributed by atoms with E-state index < -0.39 is 0 Å². The quantitative estimate of drug-likeness (QED) is 0.640. The number of fused-ring (bicyclic) bond motifs is 1. The Morgan fingerprint density at radius 2 is 2.05 bits per heavy atom. The summed E-state index contributed by atoms with van der Waals surface area (Å²) in [5, 5.41) is 7.66. The molecule has 1 aliphatic rings. The Balaban J connectivity index is 1.80. The van der Waals surface area contributed by atoms with E-state index in [0.29, 0.717) is 6.01 Å². The molecule has 1 aromatic heterocycles. The van der Waals surface area contributed by atoms with Gasteiger partial charge >= 0.3 is 0 Å². The van der Waals surface area contributed by atoms with Gasteiger partial charge in [-0.25, -0.2) is 0 Å². The molecule has 5 heteroatoms. The van der Waals surface area contributed by atoms with Crippen LogP contribution >= 0.6 is 0 Å². The zero-order valence-electron chi connectivity index (χ0n) is 11.0. The molecule has 1 aliphatic heterocycles. The molecule has 0 radical (unpaired) electrons. The number of nitrogens with zero attached hydrogens (tertiary/aromatic N) is 2. The van der Waals surface area contributed by atoms with Crippen molar-refractivity contribution in [3.8, 4) is 0 Å². The fourth-order valence-electron chi connectivity index (χ4n) is 2.46. The molecule has 0 spiro atoms. The van der Waals surface area contributed by atoms with E-state index in [0.717, 1.165) is 37.0 Å². The summed E-state index contributed by atoms with van der Waals surface area (Å²) in [6.07, 6.45) is 1.72. The van der Waals surface area contributed by atoms with E-state index in [1.165, 1.54) is 0 Å². The monoisotopic (exact) mass is 258 g/mol. The molecule has 1 fully saturated rings. The van der Waals surface area contributed by atoms with Gasteiger partial charge in [0.2, 0.25) is 0 Å². The van der Waals surface area contributed by atoms with Gasteiger partial charge in [-0.2, -0.15) is 4.98 Å². The smallest absolute Gasteiger partial charge is 0.298 e. The van der Waals surface area contributed by atoms with Gasteiger partial charge in [0.25, 0.3) is 6.01 Å². The maximum absolute atomic E-state index is 7.66. The van der Waals surface area contributed by atoms with E-state index >= 15 is 0 Å². The first-order chi connectivity index (χ1) is 9.08. The molecule has 3 rings (SSSR count). The van der Waals surface area contributed by atoms with Crippen molar-refractivity contribution in [2.45, 2.75) is 19.8 Å². The minimum atomic E-state index is -0.178. The van der Waals surface area contributed by atoms with Crippen molar-refractivity contribution in [1.82, 2.24) is 4.98 Å². The summed E-state index contributed by atoms with van der Waals surface area (Å²) < 4.78 is 5.77. The molecule has 0 unspecified atom stereocenters. The molecule has 0 amide bonds. The summed E-state index contributed by atoms with van der Waals surface area (Å²) in [5.74, 6) is 0.282. The third kappa shape index (κ3) is 2.05. The zero-order chi connectivity index (χ0) is 13.5. The largest absolute Gasteiger partial charge is 0.423 e. The third-order valence-electron chi connectivity index (χ3n) is 4.07. The minimum Gasteiger partial charge on any atom is -0.423 e. The fourth-order valence-corrected chi connectivity index (χ4v) is 2.46. The third-order valence-corrected chi connectivity index (χ3v) is 4.07. The van der Waals surface area contributed by atoms with Crippen LogP contribution in [0.1, 0.15) is 19.8 Å². The van der Waals surface area contributed by atoms with Crippen LogP contribution in [0, 0.1) is 10.8 Å². The van der Waals surface area contributed by atoms with E-state index in [-0.39, 0.29) is 11.3 Å². The van der Waals surface area contributed by atoms with Crippen LogP contribution in [0.2, 0.25) is 0 Å². The van der Waals surface area contributed by atoms with Gasteiger partial charge in [0, 0.05) is 18.5 Å². The topological polar surface area (TPSA) is 79.1 Å². The standard InChI is InChI=1S/C14H18N4O/c1-14(12(15)16)6-8-18(9-7-14)13-17-10-4-2-3-5-11(10)19-13/h2-5H,6-9H2,1H3,(H3,15,16). The Morgan fingerprint density at radius 3 is 2.68 bits per heavy atom. The lowest BCUT2D eigenvalue weighted by Gasteiger charge is -2.37. The van der Waals surface area contributed by atoms with Gasteiger partial charge in [0.05, 0.1) is 5.84 Å². The summed E-state index contributed by atoms with van der Waals surface area (Å²) in [4.78, 5) is 6.63. The number of hydrogen-bond acceptors (Lipinski definition) is 4. The second-order valence-corrected chi connectivity index (χ2v) is 5.43. The molecule has 2 heterocycles. The van der Waals surface area contributed by atoms with E-state index in [4.69, 9.17) is 15.6 Å². The van der Waals surface area contributed by atoms with Gasteiger partial charge < -0.3 is 15.1 Å². The highest BCUT2D eigenvalue weighted by Crippen LogP contribution is 2.33. The van der Waals surface area contributed by atoms with E-state index in [1.807, 2.05) is 24.3 Å². The Morgan fingerprint density at radius 1 is 1.37 bits per heavy atom. The van der Waals surface area contributed by atoms with Crippen molar-refractivity contribution in [3.05, 3.63) is 24.3 Å². The number of oxazole rings is 1. The van der Waals surface area contributed by atoms with Gasteiger partial charge in [-0.1, -0.05) is 19.1 Å². The molecule has 1 aromatic carbocycles. The van der Waals surface area contributed by atoms with Gasteiger partial charge in [-0.05, 0) is 25.0 Å². The molecule has 19 heavy (non-hydrogen) atoms. The Bertz CT molecular complexity index is 578. The highest BCUT2D eigenvalue weighted by atomic mass is 16.4. The molecule has 1 saturated heterocycles. The Kier molecular flexibility index (Phi) is 2.69. The SMILES string of the molecule is CC1(C(=N)N)CCN(c2nc3ccccc3o2)CC1. The molecular weight excluding hydrogens is 240 g/mol. The van der Waals surface area contributed by atoms with Crippen LogP contribution in [0.15, 0.2) is 28.7 Å². The molecule has 3 N–H and O–H groups in total. The van der Waals surface area contributed by atoms with Gasteiger partial charge in [0.1, 0.15) is 5.52 Å². The van der Waals surface area contributed by atoms with E-state index in [2.05, 4.69) is 16.8 Å². The van der Waals surface area contributed by atoms with Gasteiger partial charge in [-0.3, -0.25) is 5.41 Å². The predicted octanol–water partition coefficient (Wildman–Crippen LogP) is 2.37. The number of nitrogens with two attached hydrogens (primary N) is 1. The van der Waals surface area contributed by atoms with Crippen molar-refractivity contribution in [3.63, 3.8) is 0 Å². The normalized spacial score (nSPS) is 18.7. The van der Waals surface area contributed by atoms with Crippen molar-refractivity contribution in [2.24, 2.45) is 11.1 Å². The second kappa shape index (κ2) is 4.26. The molecule has 0 saturated carbocycles. The maximum atomic E-state index is 7.66. The van der Waals surface area contributed by atoms with Crippen LogP contribution in [-0.4, -0.2) is 23.9 Å². The number of nitrogens with one attached hydrogen (secondary N) is 1. The summed E-state index contributed by atoms with van der Waals surface area (Å²) >= 11 is 0. The van der Waals surface area contributed by atoms with Crippen molar-refractivity contribution >= 4 is 22.9 Å². The number of piperidine rings is 1. The molecule has 0 atom stereocenters. The van der Waals surface area contributed by atoms with Crippen molar-refractivity contribution in [1.29, 1.82) is 5.41 Å². The first kappa shape index (κ1) is 12.0. The molecule has 2 aromatic rings. The highest BCUT2D eigenvalue weighted by Gasteiger charge is 2.34. The summed E-state index contributed by atoms with van der Waals surface area (Å²) in [7, 11) is 0. The first-order valence-corrected chi connectivity index (χ1v) is 6.53. The number of hydrogen-bond donors (Lipinski definition) is 2. The highest BCUT2D eigenvalue weighted by molar-refractivity contribution is 5.83. The summed E-state index contributed by atoms with van der Waals surface area (Å²) in [5.41, 5.74) is 7.20. The molecular formula is C14H18N4O. The summed E-state index contributed by atoms with van der Waals surface area (Å²) in [6, 6.07) is 8.45. The lowest BCUT2D eigenvalue weighted by molar-refractivity contribution is 0.341. The van der Waals surface area contributed by atoms with Crippen molar-refractivity contribution < 1.29 is 4.42 Å². The number of rotatable bonds is 2. The maximum Gasteiger partial charge on any atom is 0.298 e. The second-order valence-electron chi connectivity index (χ2n) is 5.43. The summed E-state index contributed by atoms with van der Waals surface area (Å²) in [6.45, 7) is 3.70. The molecule has 0 bridgehead atoms. The minimum absolute atomic E-state index is 0.178. The molecule has 0 aliphatic carbocycles. The average Bonchev–Trinajstić information content (AvgIpc) is 2.83. The number of anilines is 1. The van der Waals surface area contributed by atoms with Crippen molar-refractivity contribution in [2.75, 3.05) is 18.0 Å². The predicted molar refractivity (Wildman–Crippen MR) is 75.5 cm³/mol. The molecule has 5 nitrogen and oxygen atoms in total. The van der Waals surface area contributed by atoms with Crippen LogP contribution < -0.4 is 10.6 Å². The number of para-hydroxylation sites is 2. The van der Waals surface area contributed by atoms with Crippen LogP contribution in [0.4, 0.5) is 6.01 Å². The first-order valence-electron chi connectivity index (χ1n) is 6.53.